The molecule has 0 fully saturated rings. The Morgan fingerprint density at radius 2 is 2.48 bits per heavy atom. The van der Waals surface area contributed by atoms with E-state index in [0.717, 1.165) is 5.70 Å². The first-order chi connectivity index (χ1) is 11.1. The fourth-order valence-corrected chi connectivity index (χ4v) is 2.22. The lowest BCUT2D eigenvalue weighted by molar-refractivity contribution is 0.189. The van der Waals surface area contributed by atoms with Crippen LogP contribution in [0.1, 0.15) is 0 Å². The number of dihydropyridines is 1. The molecule has 2 rings (SSSR count). The van der Waals surface area contributed by atoms with Crippen molar-refractivity contribution in [2.24, 2.45) is 15.7 Å². The van der Waals surface area contributed by atoms with Gasteiger partial charge < -0.3 is 21.5 Å². The van der Waals surface area contributed by atoms with Crippen LogP contribution in [0, 0.1) is 0 Å². The molecular weight excluding hydrogens is 320 g/mol. The Bertz CT molecular complexity index is 638. The second-order valence-electron chi connectivity index (χ2n) is 4.60. The molecule has 0 saturated heterocycles. The molecule has 0 aromatic heterocycles. The Morgan fingerprint density at radius 3 is 3.13 bits per heavy atom. The SMILES string of the molecule is NC=C(C=NC1=CNC=NC1)C1C=CC=C(C(O)NS(=O)O)N1. The summed E-state index contributed by atoms with van der Waals surface area (Å²) >= 11 is -2.33. The molecule has 23 heavy (non-hydrogen) atoms. The Morgan fingerprint density at radius 1 is 1.65 bits per heavy atom. The molecule has 124 valence electrons. The minimum atomic E-state index is -2.33. The van der Waals surface area contributed by atoms with E-state index in [-0.39, 0.29) is 6.04 Å². The van der Waals surface area contributed by atoms with Gasteiger partial charge in [0.15, 0.2) is 6.23 Å². The number of rotatable bonds is 6. The van der Waals surface area contributed by atoms with Crippen molar-refractivity contribution in [1.82, 2.24) is 15.4 Å². The summed E-state index contributed by atoms with van der Waals surface area (Å²) in [6.07, 6.45) is 10.1. The van der Waals surface area contributed by atoms with Crippen LogP contribution >= 0.6 is 0 Å². The number of allylic oxidation sites excluding steroid dienone is 2. The van der Waals surface area contributed by atoms with E-state index in [1.807, 2.05) is 6.08 Å². The van der Waals surface area contributed by atoms with Crippen LogP contribution in [0.15, 0.2) is 57.6 Å². The van der Waals surface area contributed by atoms with Gasteiger partial charge in [-0.3, -0.25) is 14.5 Å². The fourth-order valence-electron chi connectivity index (χ4n) is 1.90. The second kappa shape index (κ2) is 8.39. The van der Waals surface area contributed by atoms with Crippen LogP contribution in [0.2, 0.25) is 0 Å². The van der Waals surface area contributed by atoms with E-state index in [1.54, 1.807) is 30.9 Å². The monoisotopic (exact) mass is 338 g/mol. The van der Waals surface area contributed by atoms with Crippen LogP contribution in [0.4, 0.5) is 0 Å². The van der Waals surface area contributed by atoms with Gasteiger partial charge in [0, 0.05) is 24.2 Å². The molecule has 3 unspecified atom stereocenters. The highest BCUT2D eigenvalue weighted by Gasteiger charge is 2.19. The van der Waals surface area contributed by atoms with Gasteiger partial charge in [-0.2, -0.15) is 4.72 Å². The third kappa shape index (κ3) is 5.14. The highest BCUT2D eigenvalue weighted by atomic mass is 32.2. The van der Waals surface area contributed by atoms with E-state index in [1.165, 1.54) is 6.20 Å². The van der Waals surface area contributed by atoms with Crippen LogP contribution in [0.25, 0.3) is 0 Å². The molecule has 3 atom stereocenters. The van der Waals surface area contributed by atoms with E-state index in [2.05, 4.69) is 25.3 Å². The molecule has 0 bridgehead atoms. The van der Waals surface area contributed by atoms with Gasteiger partial charge >= 0.3 is 0 Å². The first kappa shape index (κ1) is 17.1. The Balaban J connectivity index is 2.01. The highest BCUT2D eigenvalue weighted by Crippen LogP contribution is 2.12. The Hall–Kier alpha value is -2.27. The van der Waals surface area contributed by atoms with Crippen molar-refractivity contribution in [2.75, 3.05) is 6.54 Å². The van der Waals surface area contributed by atoms with E-state index in [0.29, 0.717) is 17.8 Å². The molecule has 2 aliphatic rings. The van der Waals surface area contributed by atoms with Crippen LogP contribution in [0.3, 0.4) is 0 Å². The minimum Gasteiger partial charge on any atom is -0.404 e. The van der Waals surface area contributed by atoms with E-state index >= 15 is 0 Å². The molecule has 2 heterocycles. The summed E-state index contributed by atoms with van der Waals surface area (Å²) in [5, 5.41) is 15.7. The van der Waals surface area contributed by atoms with Gasteiger partial charge in [0.05, 0.1) is 30.3 Å². The van der Waals surface area contributed by atoms with Crippen LogP contribution in [-0.4, -0.2) is 45.2 Å². The summed E-state index contributed by atoms with van der Waals surface area (Å²) < 4.78 is 21.5. The van der Waals surface area contributed by atoms with E-state index < -0.39 is 17.5 Å². The topological polar surface area (TPSA) is 144 Å². The number of aliphatic hydroxyl groups excluding tert-OH is 1. The lowest BCUT2D eigenvalue weighted by Crippen LogP contribution is -2.42. The minimum absolute atomic E-state index is 0.326. The number of nitrogens with zero attached hydrogens (tertiary/aromatic N) is 2. The van der Waals surface area contributed by atoms with Crippen molar-refractivity contribution in [2.45, 2.75) is 12.3 Å². The number of hydrogen-bond acceptors (Lipinski definition) is 7. The average Bonchev–Trinajstić information content (AvgIpc) is 2.56. The van der Waals surface area contributed by atoms with Gasteiger partial charge in [-0.05, 0) is 6.08 Å². The smallest absolute Gasteiger partial charge is 0.234 e. The standard InChI is InChI=1S/C13H18N6O3S/c14-4-9(5-17-10-6-15-8-16-7-10)11-2-1-3-12(18-11)13(20)19-23(21)22/h1-6,8,11,13,18-20H,7,14H2,(H,15,16)(H,21,22). The number of aliphatic hydroxyl groups is 1. The zero-order chi connectivity index (χ0) is 16.7. The molecule has 0 aromatic rings. The number of nitrogens with two attached hydrogens (primary N) is 1. The Kier molecular flexibility index (Phi) is 6.23. The molecule has 2 aliphatic heterocycles. The maximum atomic E-state index is 10.7. The first-order valence-corrected chi connectivity index (χ1v) is 7.80. The van der Waals surface area contributed by atoms with Crippen molar-refractivity contribution in [3.8, 4) is 0 Å². The lowest BCUT2D eigenvalue weighted by atomic mass is 10.1. The maximum Gasteiger partial charge on any atom is 0.234 e. The molecular formula is C13H18N6O3S. The molecule has 0 spiro atoms. The van der Waals surface area contributed by atoms with Gasteiger partial charge in [0.1, 0.15) is 0 Å². The highest BCUT2D eigenvalue weighted by molar-refractivity contribution is 7.77. The molecule has 0 radical (unpaired) electrons. The van der Waals surface area contributed by atoms with Crippen molar-refractivity contribution >= 4 is 23.8 Å². The number of aliphatic imine (C=N–C) groups is 2. The zero-order valence-corrected chi connectivity index (χ0v) is 12.9. The number of nitrogens with one attached hydrogen (secondary N) is 3. The number of hydrogen-bond donors (Lipinski definition) is 6. The van der Waals surface area contributed by atoms with Gasteiger partial charge in [-0.15, -0.1) is 0 Å². The molecule has 9 nitrogen and oxygen atoms in total. The quantitative estimate of drug-likeness (QED) is 0.204. The van der Waals surface area contributed by atoms with Crippen LogP contribution < -0.4 is 21.1 Å². The summed E-state index contributed by atoms with van der Waals surface area (Å²) in [5.74, 6) is 0. The van der Waals surface area contributed by atoms with Crippen LogP contribution in [-0.2, 0) is 11.3 Å². The average molecular weight is 338 g/mol. The van der Waals surface area contributed by atoms with E-state index in [9.17, 15) is 9.32 Å². The molecule has 0 saturated carbocycles. The predicted molar refractivity (Wildman–Crippen MR) is 89.4 cm³/mol. The third-order valence-electron chi connectivity index (χ3n) is 3.01. The summed E-state index contributed by atoms with van der Waals surface area (Å²) in [6.45, 7) is 0.478. The molecule has 10 heteroatoms. The molecule has 7 N–H and O–H groups in total. The van der Waals surface area contributed by atoms with Gasteiger partial charge in [-0.25, -0.2) is 4.21 Å². The first-order valence-electron chi connectivity index (χ1n) is 6.69. The van der Waals surface area contributed by atoms with E-state index in [4.69, 9.17) is 10.3 Å². The summed E-state index contributed by atoms with van der Waals surface area (Å²) in [5.41, 5.74) is 7.40. The summed E-state index contributed by atoms with van der Waals surface area (Å²) in [4.78, 5) is 8.34. The maximum absolute atomic E-state index is 10.7. The van der Waals surface area contributed by atoms with Crippen molar-refractivity contribution < 1.29 is 13.9 Å². The van der Waals surface area contributed by atoms with Gasteiger partial charge in [0.25, 0.3) is 0 Å². The van der Waals surface area contributed by atoms with Crippen molar-refractivity contribution in [3.63, 3.8) is 0 Å². The molecule has 0 amide bonds. The van der Waals surface area contributed by atoms with Crippen molar-refractivity contribution in [3.05, 3.63) is 47.6 Å². The van der Waals surface area contributed by atoms with Crippen LogP contribution in [0.5, 0.6) is 0 Å². The predicted octanol–water partition coefficient (Wildman–Crippen LogP) is -1.17. The summed E-state index contributed by atoms with van der Waals surface area (Å²) in [6, 6.07) is -0.326. The molecule has 0 aromatic carbocycles. The normalized spacial score (nSPS) is 23.7. The Labute approximate surface area is 135 Å². The van der Waals surface area contributed by atoms with Crippen molar-refractivity contribution in [1.29, 1.82) is 0 Å². The molecule has 0 aliphatic carbocycles. The zero-order valence-electron chi connectivity index (χ0n) is 12.1. The second-order valence-corrected chi connectivity index (χ2v) is 5.33. The van der Waals surface area contributed by atoms with Gasteiger partial charge in [0.2, 0.25) is 11.3 Å². The largest absolute Gasteiger partial charge is 0.404 e. The lowest BCUT2D eigenvalue weighted by Gasteiger charge is -2.25. The summed E-state index contributed by atoms with van der Waals surface area (Å²) in [7, 11) is 0. The fraction of sp³-hybridized carbons (Fsp3) is 0.231. The van der Waals surface area contributed by atoms with Gasteiger partial charge in [-0.1, -0.05) is 12.2 Å². The third-order valence-corrected chi connectivity index (χ3v) is 3.43.